The van der Waals surface area contributed by atoms with Crippen molar-refractivity contribution in [3.8, 4) is 0 Å². The molecule has 0 aromatic carbocycles. The average Bonchev–Trinajstić information content (AvgIpc) is 2.97. The maximum atomic E-state index is 12.4. The molecule has 134 valence electrons. The quantitative estimate of drug-likeness (QED) is 0.794. The highest BCUT2D eigenvalue weighted by molar-refractivity contribution is 5.94. The number of nitrogens with zero attached hydrogens (tertiary/aromatic N) is 5. The molecule has 1 N–H and O–H groups in total. The SMILES string of the molecule is Cc1nc(C)n(CCCNc2ccc(C(=O)N3CCOCC3)cn2)n1. The zero-order chi connectivity index (χ0) is 17.6. The number of carbonyl (C=O) groups excluding carboxylic acids is 1. The first-order valence-corrected chi connectivity index (χ1v) is 8.58. The van der Waals surface area contributed by atoms with Crippen LogP contribution in [0.3, 0.4) is 0 Å². The van der Waals surface area contributed by atoms with Gasteiger partial charge in [0.1, 0.15) is 17.5 Å². The molecule has 8 heteroatoms. The average molecular weight is 344 g/mol. The zero-order valence-corrected chi connectivity index (χ0v) is 14.7. The van der Waals surface area contributed by atoms with Gasteiger partial charge in [0.25, 0.3) is 5.91 Å². The second-order valence-corrected chi connectivity index (χ2v) is 6.05. The summed E-state index contributed by atoms with van der Waals surface area (Å²) < 4.78 is 7.18. The Balaban J connectivity index is 1.46. The van der Waals surface area contributed by atoms with Gasteiger partial charge >= 0.3 is 0 Å². The Kier molecular flexibility index (Phi) is 5.60. The lowest BCUT2D eigenvalue weighted by atomic mass is 10.2. The number of aryl methyl sites for hydroxylation is 3. The largest absolute Gasteiger partial charge is 0.378 e. The molecule has 0 saturated carbocycles. The lowest BCUT2D eigenvalue weighted by Gasteiger charge is -2.26. The van der Waals surface area contributed by atoms with Crippen LogP contribution in [-0.4, -0.2) is 63.4 Å². The molecule has 2 aromatic heterocycles. The molecule has 0 unspecified atom stereocenters. The van der Waals surface area contributed by atoms with Gasteiger partial charge in [-0.2, -0.15) is 5.10 Å². The molecule has 25 heavy (non-hydrogen) atoms. The van der Waals surface area contributed by atoms with Gasteiger partial charge in [-0.15, -0.1) is 0 Å². The van der Waals surface area contributed by atoms with E-state index in [1.807, 2.05) is 30.7 Å². The Morgan fingerprint density at radius 2 is 2.08 bits per heavy atom. The minimum absolute atomic E-state index is 0.0133. The first-order chi connectivity index (χ1) is 12.1. The van der Waals surface area contributed by atoms with Crippen molar-refractivity contribution in [3.63, 3.8) is 0 Å². The highest BCUT2D eigenvalue weighted by Crippen LogP contribution is 2.10. The van der Waals surface area contributed by atoms with E-state index in [1.165, 1.54) is 0 Å². The molecule has 0 atom stereocenters. The van der Waals surface area contributed by atoms with Gasteiger partial charge in [0.05, 0.1) is 18.8 Å². The molecule has 1 aliphatic heterocycles. The second-order valence-electron chi connectivity index (χ2n) is 6.05. The van der Waals surface area contributed by atoms with Crippen LogP contribution in [-0.2, 0) is 11.3 Å². The molecule has 2 aromatic rings. The number of anilines is 1. The fraction of sp³-hybridized carbons (Fsp3) is 0.529. The van der Waals surface area contributed by atoms with Crippen LogP contribution >= 0.6 is 0 Å². The monoisotopic (exact) mass is 344 g/mol. The summed E-state index contributed by atoms with van der Waals surface area (Å²) in [6, 6.07) is 3.66. The van der Waals surface area contributed by atoms with Crippen molar-refractivity contribution in [2.45, 2.75) is 26.8 Å². The summed E-state index contributed by atoms with van der Waals surface area (Å²) >= 11 is 0. The van der Waals surface area contributed by atoms with Crippen LogP contribution < -0.4 is 5.32 Å². The maximum absolute atomic E-state index is 12.4. The van der Waals surface area contributed by atoms with Gasteiger partial charge in [-0.1, -0.05) is 0 Å². The van der Waals surface area contributed by atoms with E-state index in [1.54, 1.807) is 11.1 Å². The number of rotatable bonds is 6. The van der Waals surface area contributed by atoms with Gasteiger partial charge in [0.15, 0.2) is 0 Å². The number of morpholine rings is 1. The molecule has 1 amide bonds. The molecule has 1 saturated heterocycles. The highest BCUT2D eigenvalue weighted by Gasteiger charge is 2.18. The molecule has 3 rings (SSSR count). The smallest absolute Gasteiger partial charge is 0.255 e. The minimum atomic E-state index is 0.0133. The summed E-state index contributed by atoms with van der Waals surface area (Å²) in [6.07, 6.45) is 2.55. The van der Waals surface area contributed by atoms with Crippen LogP contribution in [0, 0.1) is 13.8 Å². The lowest BCUT2D eigenvalue weighted by molar-refractivity contribution is 0.0302. The topological polar surface area (TPSA) is 85.2 Å². The van der Waals surface area contributed by atoms with Gasteiger partial charge in [-0.05, 0) is 32.4 Å². The Morgan fingerprint density at radius 3 is 2.72 bits per heavy atom. The van der Waals surface area contributed by atoms with Gasteiger partial charge in [-0.3, -0.25) is 9.48 Å². The summed E-state index contributed by atoms with van der Waals surface area (Å²) in [5, 5.41) is 7.61. The van der Waals surface area contributed by atoms with E-state index in [-0.39, 0.29) is 5.91 Å². The number of nitrogens with one attached hydrogen (secondary N) is 1. The van der Waals surface area contributed by atoms with Crippen molar-refractivity contribution in [3.05, 3.63) is 35.5 Å². The summed E-state index contributed by atoms with van der Waals surface area (Å²) in [4.78, 5) is 22.8. The zero-order valence-electron chi connectivity index (χ0n) is 14.7. The van der Waals surface area contributed by atoms with Crippen molar-refractivity contribution >= 4 is 11.7 Å². The fourth-order valence-electron chi connectivity index (χ4n) is 2.79. The second kappa shape index (κ2) is 8.06. The third kappa shape index (κ3) is 4.54. The van der Waals surface area contributed by atoms with Crippen molar-refractivity contribution in [2.24, 2.45) is 0 Å². The summed E-state index contributed by atoms with van der Waals surface area (Å²) in [7, 11) is 0. The molecule has 0 radical (unpaired) electrons. The molecule has 1 aliphatic rings. The van der Waals surface area contributed by atoms with E-state index in [4.69, 9.17) is 4.74 Å². The molecule has 0 spiro atoms. The van der Waals surface area contributed by atoms with E-state index >= 15 is 0 Å². The molecule has 1 fully saturated rings. The van der Waals surface area contributed by atoms with E-state index < -0.39 is 0 Å². The van der Waals surface area contributed by atoms with Crippen LogP contribution in [0.15, 0.2) is 18.3 Å². The molecule has 3 heterocycles. The third-order valence-electron chi connectivity index (χ3n) is 4.12. The van der Waals surface area contributed by atoms with E-state index in [0.717, 1.165) is 37.0 Å². The van der Waals surface area contributed by atoms with Crippen molar-refractivity contribution in [1.29, 1.82) is 0 Å². The lowest BCUT2D eigenvalue weighted by Crippen LogP contribution is -2.40. The van der Waals surface area contributed by atoms with Crippen molar-refractivity contribution in [1.82, 2.24) is 24.6 Å². The standard InChI is InChI=1S/C17H24N6O2/c1-13-20-14(2)23(21-13)7-3-6-18-16-5-4-15(12-19-16)17(24)22-8-10-25-11-9-22/h4-5,12H,3,6-11H2,1-2H3,(H,18,19). The Hall–Kier alpha value is -2.48. The first kappa shape index (κ1) is 17.3. The third-order valence-corrected chi connectivity index (χ3v) is 4.12. The number of hydrogen-bond donors (Lipinski definition) is 1. The number of pyridine rings is 1. The van der Waals surface area contributed by atoms with Crippen LogP contribution in [0.5, 0.6) is 0 Å². The van der Waals surface area contributed by atoms with Gasteiger partial charge in [0, 0.05) is 32.4 Å². The minimum Gasteiger partial charge on any atom is -0.378 e. The van der Waals surface area contributed by atoms with E-state index in [0.29, 0.717) is 31.9 Å². The first-order valence-electron chi connectivity index (χ1n) is 8.58. The summed E-state index contributed by atoms with van der Waals surface area (Å²) in [5.41, 5.74) is 0.612. The molecular weight excluding hydrogens is 320 g/mol. The summed E-state index contributed by atoms with van der Waals surface area (Å²) in [5.74, 6) is 2.51. The van der Waals surface area contributed by atoms with E-state index in [2.05, 4.69) is 20.4 Å². The Morgan fingerprint density at radius 1 is 1.28 bits per heavy atom. The molecule has 0 aliphatic carbocycles. The molecule has 8 nitrogen and oxygen atoms in total. The maximum Gasteiger partial charge on any atom is 0.255 e. The molecular formula is C17H24N6O2. The predicted molar refractivity (Wildman–Crippen MR) is 93.6 cm³/mol. The van der Waals surface area contributed by atoms with Crippen LogP contribution in [0.2, 0.25) is 0 Å². The number of amides is 1. The van der Waals surface area contributed by atoms with E-state index in [9.17, 15) is 4.79 Å². The highest BCUT2D eigenvalue weighted by atomic mass is 16.5. The van der Waals surface area contributed by atoms with Crippen molar-refractivity contribution in [2.75, 3.05) is 38.2 Å². The Bertz CT molecular complexity index is 706. The predicted octanol–water partition coefficient (Wildman–Crippen LogP) is 1.26. The van der Waals surface area contributed by atoms with Crippen LogP contribution in [0.25, 0.3) is 0 Å². The van der Waals surface area contributed by atoms with Gasteiger partial charge in [-0.25, -0.2) is 9.97 Å². The number of aromatic nitrogens is 4. The number of ether oxygens (including phenoxy) is 1. The van der Waals surface area contributed by atoms with Crippen LogP contribution in [0.1, 0.15) is 28.4 Å². The summed E-state index contributed by atoms with van der Waals surface area (Å²) in [6.45, 7) is 7.92. The van der Waals surface area contributed by atoms with Gasteiger partial charge < -0.3 is 15.0 Å². The Labute approximate surface area is 147 Å². The van der Waals surface area contributed by atoms with Gasteiger partial charge in [0.2, 0.25) is 0 Å². The number of carbonyl (C=O) groups is 1. The molecule has 0 bridgehead atoms. The number of hydrogen-bond acceptors (Lipinski definition) is 6. The fourth-order valence-corrected chi connectivity index (χ4v) is 2.79. The van der Waals surface area contributed by atoms with Crippen molar-refractivity contribution < 1.29 is 9.53 Å². The normalized spacial score (nSPS) is 14.6. The van der Waals surface area contributed by atoms with Crippen LogP contribution in [0.4, 0.5) is 5.82 Å².